The number of H-pyrrole nitrogens is 1. The lowest BCUT2D eigenvalue weighted by Gasteiger charge is -2.37. The fourth-order valence-electron chi connectivity index (χ4n) is 2.48. The van der Waals surface area contributed by atoms with Crippen molar-refractivity contribution in [3.8, 4) is 0 Å². The summed E-state index contributed by atoms with van der Waals surface area (Å²) in [5, 5.41) is 13.8. The molecule has 0 radical (unpaired) electrons. The number of fused-ring (bicyclic) bond motifs is 1. The lowest BCUT2D eigenvalue weighted by molar-refractivity contribution is 0.0118. The van der Waals surface area contributed by atoms with Crippen molar-refractivity contribution in [2.45, 2.75) is 32.4 Å². The average Bonchev–Trinajstić information content (AvgIpc) is 2.92. The van der Waals surface area contributed by atoms with E-state index in [-0.39, 0.29) is 12.1 Å². The van der Waals surface area contributed by atoms with Gasteiger partial charge in [-0.15, -0.1) is 5.10 Å². The van der Waals surface area contributed by atoms with E-state index in [1.165, 1.54) is 0 Å². The number of nitrogens with one attached hydrogen (secondary N) is 2. The van der Waals surface area contributed by atoms with Gasteiger partial charge >= 0.3 is 6.09 Å². The summed E-state index contributed by atoms with van der Waals surface area (Å²) in [5.74, 6) is 0. The van der Waals surface area contributed by atoms with Gasteiger partial charge in [0.1, 0.15) is 11.1 Å². The molecule has 8 nitrogen and oxygen atoms in total. The number of hydrogen-bond donors (Lipinski definition) is 2. The second kappa shape index (κ2) is 5.53. The van der Waals surface area contributed by atoms with E-state index in [1.807, 2.05) is 26.8 Å². The van der Waals surface area contributed by atoms with Crippen molar-refractivity contribution < 1.29 is 9.53 Å². The van der Waals surface area contributed by atoms with Crippen LogP contribution in [0.3, 0.4) is 0 Å². The minimum absolute atomic E-state index is 0.128. The molecule has 1 unspecified atom stereocenters. The Balaban J connectivity index is 1.86. The molecular weight excluding hydrogens is 284 g/mol. The number of pyridine rings is 1. The van der Waals surface area contributed by atoms with Crippen molar-refractivity contribution >= 4 is 17.3 Å². The van der Waals surface area contributed by atoms with Gasteiger partial charge in [-0.2, -0.15) is 10.3 Å². The van der Waals surface area contributed by atoms with Crippen LogP contribution in [0.15, 0.2) is 12.3 Å². The third kappa shape index (κ3) is 3.01. The molecule has 1 aliphatic rings. The SMILES string of the molecule is CC(C)(C)OC(=O)N1CCNCC1c1cnc2n[nH]nc2c1. The van der Waals surface area contributed by atoms with E-state index in [2.05, 4.69) is 25.7 Å². The van der Waals surface area contributed by atoms with E-state index >= 15 is 0 Å². The first-order valence-electron chi connectivity index (χ1n) is 7.31. The maximum Gasteiger partial charge on any atom is 0.410 e. The number of aromatic nitrogens is 4. The lowest BCUT2D eigenvalue weighted by Crippen LogP contribution is -2.50. The first-order chi connectivity index (χ1) is 10.4. The van der Waals surface area contributed by atoms with Gasteiger partial charge in [-0.25, -0.2) is 9.78 Å². The van der Waals surface area contributed by atoms with Gasteiger partial charge in [-0.3, -0.25) is 4.90 Å². The van der Waals surface area contributed by atoms with Crippen LogP contribution in [-0.2, 0) is 4.74 Å². The maximum absolute atomic E-state index is 12.4. The number of piperazine rings is 1. The minimum Gasteiger partial charge on any atom is -0.444 e. The highest BCUT2D eigenvalue weighted by Crippen LogP contribution is 2.25. The average molecular weight is 304 g/mol. The molecule has 3 heterocycles. The van der Waals surface area contributed by atoms with Gasteiger partial charge in [-0.1, -0.05) is 0 Å². The number of carbonyl (C=O) groups is 1. The molecule has 0 spiro atoms. The van der Waals surface area contributed by atoms with Crippen LogP contribution in [0.5, 0.6) is 0 Å². The predicted molar refractivity (Wildman–Crippen MR) is 80.2 cm³/mol. The van der Waals surface area contributed by atoms with Crippen molar-refractivity contribution in [1.82, 2.24) is 30.6 Å². The topological polar surface area (TPSA) is 96.0 Å². The molecule has 2 aromatic rings. The van der Waals surface area contributed by atoms with E-state index in [4.69, 9.17) is 4.74 Å². The summed E-state index contributed by atoms with van der Waals surface area (Å²) in [5.41, 5.74) is 1.66. The van der Waals surface area contributed by atoms with E-state index in [0.717, 1.165) is 12.1 Å². The molecule has 118 valence electrons. The van der Waals surface area contributed by atoms with Crippen molar-refractivity contribution in [3.05, 3.63) is 17.8 Å². The van der Waals surface area contributed by atoms with Crippen LogP contribution < -0.4 is 5.32 Å². The molecule has 22 heavy (non-hydrogen) atoms. The van der Waals surface area contributed by atoms with E-state index in [0.29, 0.717) is 24.3 Å². The van der Waals surface area contributed by atoms with Crippen LogP contribution in [0.4, 0.5) is 4.79 Å². The van der Waals surface area contributed by atoms with Crippen molar-refractivity contribution in [1.29, 1.82) is 0 Å². The molecule has 1 aliphatic heterocycles. The molecule has 8 heteroatoms. The quantitative estimate of drug-likeness (QED) is 0.822. The van der Waals surface area contributed by atoms with Crippen molar-refractivity contribution in [2.75, 3.05) is 19.6 Å². The summed E-state index contributed by atoms with van der Waals surface area (Å²) in [6.45, 7) is 7.59. The van der Waals surface area contributed by atoms with Crippen LogP contribution in [-0.4, -0.2) is 56.6 Å². The van der Waals surface area contributed by atoms with E-state index < -0.39 is 5.60 Å². The first kappa shape index (κ1) is 14.7. The number of nitrogens with zero attached hydrogens (tertiary/aromatic N) is 4. The summed E-state index contributed by atoms with van der Waals surface area (Å²) < 4.78 is 5.51. The zero-order valence-corrected chi connectivity index (χ0v) is 13.0. The molecule has 3 rings (SSSR count). The lowest BCUT2D eigenvalue weighted by atomic mass is 10.1. The molecule has 0 aliphatic carbocycles. The Morgan fingerprint density at radius 2 is 2.23 bits per heavy atom. The molecule has 1 atom stereocenters. The van der Waals surface area contributed by atoms with Crippen LogP contribution in [0.1, 0.15) is 32.4 Å². The highest BCUT2D eigenvalue weighted by atomic mass is 16.6. The summed E-state index contributed by atoms with van der Waals surface area (Å²) in [6.07, 6.45) is 1.43. The summed E-state index contributed by atoms with van der Waals surface area (Å²) in [6, 6.07) is 1.78. The molecular formula is C14H20N6O2. The molecule has 1 fully saturated rings. The van der Waals surface area contributed by atoms with Gasteiger partial charge in [0.2, 0.25) is 5.65 Å². The Labute approximate surface area is 128 Å². The van der Waals surface area contributed by atoms with Crippen molar-refractivity contribution in [3.63, 3.8) is 0 Å². The van der Waals surface area contributed by atoms with Crippen LogP contribution in [0, 0.1) is 0 Å². The summed E-state index contributed by atoms with van der Waals surface area (Å²) in [7, 11) is 0. The zero-order valence-electron chi connectivity index (χ0n) is 13.0. The summed E-state index contributed by atoms with van der Waals surface area (Å²) in [4.78, 5) is 18.4. The third-order valence-electron chi connectivity index (χ3n) is 3.45. The number of hydrogen-bond acceptors (Lipinski definition) is 6. The Hall–Kier alpha value is -2.22. The highest BCUT2D eigenvalue weighted by molar-refractivity contribution is 5.71. The Bertz CT molecular complexity index is 677. The van der Waals surface area contributed by atoms with Crippen LogP contribution in [0.25, 0.3) is 11.2 Å². The standard InChI is InChI=1S/C14H20N6O2/c1-14(2,3)22-13(21)20-5-4-15-8-11(20)9-6-10-12(16-7-9)18-19-17-10/h6-7,11,15H,4-5,8H2,1-3H3,(H,16,17,18,19). The number of rotatable bonds is 1. The fraction of sp³-hybridized carbons (Fsp3) is 0.571. The third-order valence-corrected chi connectivity index (χ3v) is 3.45. The molecule has 0 saturated carbocycles. The Morgan fingerprint density at radius 3 is 3.00 bits per heavy atom. The number of ether oxygens (including phenoxy) is 1. The van der Waals surface area contributed by atoms with E-state index in [9.17, 15) is 4.79 Å². The van der Waals surface area contributed by atoms with Crippen LogP contribution >= 0.6 is 0 Å². The second-order valence-electron chi connectivity index (χ2n) is 6.33. The summed E-state index contributed by atoms with van der Waals surface area (Å²) >= 11 is 0. The monoisotopic (exact) mass is 304 g/mol. The van der Waals surface area contributed by atoms with Gasteiger partial charge < -0.3 is 10.1 Å². The maximum atomic E-state index is 12.4. The highest BCUT2D eigenvalue weighted by Gasteiger charge is 2.31. The van der Waals surface area contributed by atoms with Gasteiger partial charge in [0, 0.05) is 25.8 Å². The van der Waals surface area contributed by atoms with Gasteiger partial charge in [0.15, 0.2) is 0 Å². The number of carbonyl (C=O) groups excluding carboxylic acids is 1. The molecule has 1 saturated heterocycles. The minimum atomic E-state index is -0.513. The smallest absolute Gasteiger partial charge is 0.410 e. The molecule has 2 N–H and O–H groups in total. The zero-order chi connectivity index (χ0) is 15.7. The molecule has 2 aromatic heterocycles. The van der Waals surface area contributed by atoms with Gasteiger partial charge in [0.05, 0.1) is 6.04 Å². The first-order valence-corrected chi connectivity index (χ1v) is 7.31. The molecule has 0 aromatic carbocycles. The molecule has 0 bridgehead atoms. The number of amides is 1. The normalized spacial score (nSPS) is 19.4. The molecule has 1 amide bonds. The van der Waals surface area contributed by atoms with Gasteiger partial charge in [-0.05, 0) is 32.4 Å². The van der Waals surface area contributed by atoms with E-state index in [1.54, 1.807) is 11.1 Å². The Kier molecular flexibility index (Phi) is 3.69. The predicted octanol–water partition coefficient (Wildman–Crippen LogP) is 1.23. The van der Waals surface area contributed by atoms with Crippen molar-refractivity contribution in [2.24, 2.45) is 0 Å². The second-order valence-corrected chi connectivity index (χ2v) is 6.33. The van der Waals surface area contributed by atoms with Gasteiger partial charge in [0.25, 0.3) is 0 Å². The Morgan fingerprint density at radius 1 is 1.41 bits per heavy atom. The number of aromatic amines is 1. The fourth-order valence-corrected chi connectivity index (χ4v) is 2.48. The largest absolute Gasteiger partial charge is 0.444 e. The van der Waals surface area contributed by atoms with Crippen LogP contribution in [0.2, 0.25) is 0 Å².